The summed E-state index contributed by atoms with van der Waals surface area (Å²) in [5.74, 6) is 0.388. The Morgan fingerprint density at radius 2 is 1.71 bits per heavy atom. The number of benzene rings is 2. The summed E-state index contributed by atoms with van der Waals surface area (Å²) in [5.41, 5.74) is 1.45. The summed E-state index contributed by atoms with van der Waals surface area (Å²) < 4.78 is 33.6. The summed E-state index contributed by atoms with van der Waals surface area (Å²) in [7, 11) is -3.77. The van der Waals surface area contributed by atoms with E-state index in [0.717, 1.165) is 12.0 Å². The number of hydrogen-bond donors (Lipinski definition) is 0. The van der Waals surface area contributed by atoms with Crippen molar-refractivity contribution in [3.05, 3.63) is 57.6 Å². The molecule has 0 heterocycles. The average molecular weight is 386 g/mol. The summed E-state index contributed by atoms with van der Waals surface area (Å²) in [6.07, 6.45) is 2.04. The first-order valence-electron chi connectivity index (χ1n) is 7.32. The Labute approximate surface area is 152 Å². The van der Waals surface area contributed by atoms with E-state index in [4.69, 9.17) is 27.9 Å². The second kappa shape index (κ2) is 8.01. The van der Waals surface area contributed by atoms with Crippen LogP contribution in [0.4, 0.5) is 0 Å². The Bertz CT molecular complexity index is 824. The molecular formula is C17H17Cl2NO3S. The molecule has 0 atom stereocenters. The molecule has 0 saturated heterocycles. The fourth-order valence-corrected chi connectivity index (χ4v) is 3.37. The average Bonchev–Trinajstić information content (AvgIpc) is 2.53. The number of hydrogen-bond acceptors (Lipinski definition) is 3. The molecule has 0 unspecified atom stereocenters. The van der Waals surface area contributed by atoms with Crippen molar-refractivity contribution in [2.24, 2.45) is 4.40 Å². The summed E-state index contributed by atoms with van der Waals surface area (Å²) >= 11 is 12.3. The summed E-state index contributed by atoms with van der Waals surface area (Å²) in [5, 5.41) is 0.621. The van der Waals surface area contributed by atoms with Crippen LogP contribution in [0, 0.1) is 6.92 Å². The monoisotopic (exact) mass is 385 g/mol. The molecule has 24 heavy (non-hydrogen) atoms. The molecule has 0 aliphatic carbocycles. The first kappa shape index (κ1) is 18.8. The molecule has 0 N–H and O–H groups in total. The molecule has 0 fully saturated rings. The third-order valence-electron chi connectivity index (χ3n) is 3.13. The van der Waals surface area contributed by atoms with Gasteiger partial charge < -0.3 is 4.74 Å². The number of ether oxygens (including phenoxy) is 1. The lowest BCUT2D eigenvalue weighted by atomic mass is 10.2. The normalized spacial score (nSPS) is 11.8. The molecule has 2 aromatic rings. The van der Waals surface area contributed by atoms with Crippen LogP contribution < -0.4 is 4.74 Å². The van der Waals surface area contributed by atoms with Gasteiger partial charge in [-0.1, -0.05) is 47.8 Å². The largest absolute Gasteiger partial charge is 0.490 e. The quantitative estimate of drug-likeness (QED) is 0.664. The third kappa shape index (κ3) is 4.72. The highest BCUT2D eigenvalue weighted by molar-refractivity contribution is 7.90. The molecule has 0 bridgehead atoms. The minimum absolute atomic E-state index is 0.129. The van der Waals surface area contributed by atoms with Gasteiger partial charge in [-0.05, 0) is 43.2 Å². The molecule has 4 nitrogen and oxygen atoms in total. The molecule has 2 aromatic carbocycles. The van der Waals surface area contributed by atoms with E-state index >= 15 is 0 Å². The van der Waals surface area contributed by atoms with Gasteiger partial charge in [0.15, 0.2) is 5.75 Å². The number of nitrogens with zero attached hydrogens (tertiary/aromatic N) is 1. The molecule has 0 aliphatic rings. The second-order valence-electron chi connectivity index (χ2n) is 5.18. The maximum atomic E-state index is 12.2. The molecule has 0 saturated carbocycles. The molecule has 128 valence electrons. The predicted octanol–water partition coefficient (Wildman–Crippen LogP) is 4.90. The SMILES string of the molecule is CCCOc1c(Cl)cc(/C=N\S(=O)(=O)c2ccc(C)cc2)cc1Cl. The number of aryl methyl sites for hydroxylation is 1. The molecule has 2 rings (SSSR count). The number of halogens is 2. The number of sulfonamides is 1. The Morgan fingerprint density at radius 3 is 2.25 bits per heavy atom. The molecule has 0 aliphatic heterocycles. The van der Waals surface area contributed by atoms with Crippen LogP contribution in [0.3, 0.4) is 0 Å². The lowest BCUT2D eigenvalue weighted by Gasteiger charge is -2.09. The predicted molar refractivity (Wildman–Crippen MR) is 98.2 cm³/mol. The zero-order valence-electron chi connectivity index (χ0n) is 13.3. The van der Waals surface area contributed by atoms with Crippen molar-refractivity contribution in [1.29, 1.82) is 0 Å². The Balaban J connectivity index is 2.27. The molecule has 0 aromatic heterocycles. The van der Waals surface area contributed by atoms with E-state index in [9.17, 15) is 8.42 Å². The van der Waals surface area contributed by atoms with Gasteiger partial charge in [0.2, 0.25) is 0 Å². The fraction of sp³-hybridized carbons (Fsp3) is 0.235. The van der Waals surface area contributed by atoms with Crippen LogP contribution in [0.15, 0.2) is 45.7 Å². The fourth-order valence-electron chi connectivity index (χ4n) is 1.90. The number of rotatable bonds is 6. The van der Waals surface area contributed by atoms with Crippen molar-refractivity contribution in [1.82, 2.24) is 0 Å². The molecule has 0 amide bonds. The van der Waals surface area contributed by atoms with E-state index in [2.05, 4.69) is 4.40 Å². The van der Waals surface area contributed by atoms with Crippen molar-refractivity contribution in [2.45, 2.75) is 25.2 Å². The second-order valence-corrected chi connectivity index (χ2v) is 7.63. The summed E-state index contributed by atoms with van der Waals surface area (Å²) in [6.45, 7) is 4.35. The Kier molecular flexibility index (Phi) is 6.27. The van der Waals surface area contributed by atoms with Crippen molar-refractivity contribution in [3.8, 4) is 5.75 Å². The molecular weight excluding hydrogens is 369 g/mol. The van der Waals surface area contributed by atoms with Gasteiger partial charge >= 0.3 is 0 Å². The molecule has 0 radical (unpaired) electrons. The topological polar surface area (TPSA) is 55.7 Å². The van der Waals surface area contributed by atoms with Crippen LogP contribution in [-0.2, 0) is 10.0 Å². The summed E-state index contributed by atoms with van der Waals surface area (Å²) in [6, 6.07) is 9.60. The first-order valence-corrected chi connectivity index (χ1v) is 9.52. The van der Waals surface area contributed by atoms with Gasteiger partial charge in [-0.15, -0.1) is 0 Å². The molecule has 0 spiro atoms. The standard InChI is InChI=1S/C17H17Cl2NO3S/c1-3-8-23-17-15(18)9-13(10-16(17)19)11-20-24(21,22)14-6-4-12(2)5-7-14/h4-7,9-11H,3,8H2,1-2H3/b20-11-. The van der Waals surface area contributed by atoms with E-state index in [1.165, 1.54) is 18.3 Å². The van der Waals surface area contributed by atoms with Gasteiger partial charge in [0.05, 0.1) is 21.5 Å². The van der Waals surface area contributed by atoms with Crippen molar-refractivity contribution < 1.29 is 13.2 Å². The Hall–Kier alpha value is -1.56. The summed E-state index contributed by atoms with van der Waals surface area (Å²) in [4.78, 5) is 0.129. The first-order chi connectivity index (χ1) is 11.3. The van der Waals surface area contributed by atoms with Crippen molar-refractivity contribution in [2.75, 3.05) is 6.61 Å². The minimum Gasteiger partial charge on any atom is -0.490 e. The maximum Gasteiger partial charge on any atom is 0.282 e. The third-order valence-corrected chi connectivity index (χ3v) is 4.94. The van der Waals surface area contributed by atoms with E-state index in [1.54, 1.807) is 24.3 Å². The smallest absolute Gasteiger partial charge is 0.282 e. The highest BCUT2D eigenvalue weighted by Gasteiger charge is 2.12. The van der Waals surface area contributed by atoms with Gasteiger partial charge in [-0.25, -0.2) is 0 Å². The lowest BCUT2D eigenvalue weighted by Crippen LogP contribution is -1.99. The van der Waals surface area contributed by atoms with E-state index in [1.807, 2.05) is 13.8 Å². The van der Waals surface area contributed by atoms with Crippen LogP contribution in [-0.4, -0.2) is 21.2 Å². The molecule has 7 heteroatoms. The van der Waals surface area contributed by atoms with Crippen LogP contribution in [0.25, 0.3) is 0 Å². The lowest BCUT2D eigenvalue weighted by molar-refractivity contribution is 0.318. The highest BCUT2D eigenvalue weighted by Crippen LogP contribution is 2.34. The van der Waals surface area contributed by atoms with Gasteiger partial charge in [0.25, 0.3) is 10.0 Å². The van der Waals surface area contributed by atoms with Crippen LogP contribution in [0.1, 0.15) is 24.5 Å². The van der Waals surface area contributed by atoms with Gasteiger partial charge in [0.1, 0.15) is 0 Å². The van der Waals surface area contributed by atoms with Crippen LogP contribution >= 0.6 is 23.2 Å². The maximum absolute atomic E-state index is 12.2. The van der Waals surface area contributed by atoms with Crippen molar-refractivity contribution in [3.63, 3.8) is 0 Å². The van der Waals surface area contributed by atoms with E-state index < -0.39 is 10.0 Å². The zero-order valence-corrected chi connectivity index (χ0v) is 15.6. The highest BCUT2D eigenvalue weighted by atomic mass is 35.5. The van der Waals surface area contributed by atoms with Crippen LogP contribution in [0.5, 0.6) is 5.75 Å². The van der Waals surface area contributed by atoms with Crippen LogP contribution in [0.2, 0.25) is 10.0 Å². The van der Waals surface area contributed by atoms with E-state index in [-0.39, 0.29) is 4.90 Å². The van der Waals surface area contributed by atoms with Gasteiger partial charge in [-0.3, -0.25) is 0 Å². The zero-order chi connectivity index (χ0) is 17.7. The van der Waals surface area contributed by atoms with Crippen molar-refractivity contribution >= 4 is 39.4 Å². The minimum atomic E-state index is -3.77. The van der Waals surface area contributed by atoms with E-state index in [0.29, 0.717) is 28.0 Å². The van der Waals surface area contributed by atoms with Gasteiger partial charge in [0, 0.05) is 6.21 Å². The Morgan fingerprint density at radius 1 is 1.12 bits per heavy atom. The van der Waals surface area contributed by atoms with Gasteiger partial charge in [-0.2, -0.15) is 12.8 Å².